The molecule has 0 saturated carbocycles. The van der Waals surface area contributed by atoms with Crippen molar-refractivity contribution in [3.05, 3.63) is 95.6 Å². The lowest BCUT2D eigenvalue weighted by atomic mass is 10.0. The van der Waals surface area contributed by atoms with Crippen LogP contribution < -0.4 is 21.3 Å². The molecule has 0 bridgehead atoms. The van der Waals surface area contributed by atoms with Crippen molar-refractivity contribution in [2.45, 2.75) is 31.7 Å². The maximum absolute atomic E-state index is 12.3. The van der Waals surface area contributed by atoms with Crippen LogP contribution in [0.5, 0.6) is 0 Å². The molecule has 0 heterocycles. The highest BCUT2D eigenvalue weighted by Crippen LogP contribution is 2.12. The van der Waals surface area contributed by atoms with Crippen molar-refractivity contribution in [3.8, 4) is 0 Å². The lowest BCUT2D eigenvalue weighted by molar-refractivity contribution is -0.141. The van der Waals surface area contributed by atoms with E-state index in [9.17, 15) is 29.1 Å². The average molecular weight is 547 g/mol. The molecule has 3 aromatic rings. The number of carbonyl (C=O) groups excluding carboxylic acids is 3. The number of anilines is 2. The first-order valence-corrected chi connectivity index (χ1v) is 12.5. The number of benzene rings is 3. The lowest BCUT2D eigenvalue weighted by Gasteiger charge is -2.15. The van der Waals surface area contributed by atoms with Gasteiger partial charge in [-0.05, 0) is 47.4 Å². The minimum Gasteiger partial charge on any atom is -0.481 e. The second-order valence-electron chi connectivity index (χ2n) is 8.97. The summed E-state index contributed by atoms with van der Waals surface area (Å²) in [6.07, 6.45) is 0.370. The van der Waals surface area contributed by atoms with Gasteiger partial charge in [-0.25, -0.2) is 9.59 Å². The molecule has 0 spiro atoms. The molecule has 0 fully saturated rings. The molecule has 208 valence electrons. The number of para-hydroxylation sites is 1. The molecular formula is C29H30N4O7. The third-order valence-electron chi connectivity index (χ3n) is 5.78. The Morgan fingerprint density at radius 3 is 1.85 bits per heavy atom. The van der Waals surface area contributed by atoms with Crippen LogP contribution in [-0.4, -0.2) is 52.6 Å². The second-order valence-corrected chi connectivity index (χ2v) is 8.97. The highest BCUT2D eigenvalue weighted by Gasteiger charge is 2.21. The van der Waals surface area contributed by atoms with Crippen molar-refractivity contribution in [2.24, 2.45) is 0 Å². The van der Waals surface area contributed by atoms with E-state index >= 15 is 0 Å². The van der Waals surface area contributed by atoms with Gasteiger partial charge in [-0.15, -0.1) is 0 Å². The number of hydrogen-bond donors (Lipinski definition) is 6. The Labute approximate surface area is 230 Å². The van der Waals surface area contributed by atoms with Gasteiger partial charge >= 0.3 is 18.0 Å². The van der Waals surface area contributed by atoms with E-state index in [1.54, 1.807) is 72.8 Å². The SMILES string of the molecule is O=C(O)CCc1ccc(C[C@H](NC(=O)CNC(=O)Cc2ccc(NC(=O)Nc3ccccc3)cc2)C(=O)O)cc1. The van der Waals surface area contributed by atoms with Crippen LogP contribution in [0.3, 0.4) is 0 Å². The summed E-state index contributed by atoms with van der Waals surface area (Å²) in [6, 6.07) is 20.8. The quantitative estimate of drug-likeness (QED) is 0.191. The van der Waals surface area contributed by atoms with Gasteiger partial charge in [0.05, 0.1) is 13.0 Å². The third kappa shape index (κ3) is 10.3. The molecule has 0 aliphatic heterocycles. The minimum absolute atomic E-state index is 0.00466. The summed E-state index contributed by atoms with van der Waals surface area (Å²) in [5, 5.41) is 28.6. The Morgan fingerprint density at radius 1 is 0.675 bits per heavy atom. The zero-order valence-electron chi connectivity index (χ0n) is 21.6. The smallest absolute Gasteiger partial charge is 0.326 e. The predicted molar refractivity (Wildman–Crippen MR) is 148 cm³/mol. The second kappa shape index (κ2) is 14.7. The molecule has 0 aromatic heterocycles. The molecule has 11 heteroatoms. The number of rotatable bonds is 13. The van der Waals surface area contributed by atoms with E-state index in [1.807, 2.05) is 6.07 Å². The van der Waals surface area contributed by atoms with Gasteiger partial charge in [-0.3, -0.25) is 14.4 Å². The molecule has 1 atom stereocenters. The highest BCUT2D eigenvalue weighted by atomic mass is 16.4. The summed E-state index contributed by atoms with van der Waals surface area (Å²) >= 11 is 0. The third-order valence-corrected chi connectivity index (χ3v) is 5.78. The fraction of sp³-hybridized carbons (Fsp3) is 0.207. The van der Waals surface area contributed by atoms with Crippen molar-refractivity contribution >= 4 is 41.2 Å². The van der Waals surface area contributed by atoms with Gasteiger partial charge in [0, 0.05) is 24.2 Å². The number of carboxylic acids is 2. The van der Waals surface area contributed by atoms with Gasteiger partial charge in [0.2, 0.25) is 11.8 Å². The van der Waals surface area contributed by atoms with Gasteiger partial charge in [0.25, 0.3) is 0 Å². The molecule has 0 radical (unpaired) electrons. The molecule has 11 nitrogen and oxygen atoms in total. The first kappa shape index (κ1) is 29.4. The Kier molecular flexibility index (Phi) is 10.8. The van der Waals surface area contributed by atoms with Crippen LogP contribution >= 0.6 is 0 Å². The van der Waals surface area contributed by atoms with E-state index in [1.165, 1.54) is 0 Å². The molecule has 40 heavy (non-hydrogen) atoms. The minimum atomic E-state index is -1.22. The Balaban J connectivity index is 1.41. The summed E-state index contributed by atoms with van der Waals surface area (Å²) in [6.45, 7) is -0.393. The van der Waals surface area contributed by atoms with Crippen LogP contribution in [0.4, 0.5) is 16.2 Å². The molecule has 0 saturated heterocycles. The summed E-state index contributed by atoms with van der Waals surface area (Å²) in [5.74, 6) is -3.20. The molecular weight excluding hydrogens is 516 g/mol. The lowest BCUT2D eigenvalue weighted by Crippen LogP contribution is -2.46. The highest BCUT2D eigenvalue weighted by molar-refractivity contribution is 5.99. The number of carbonyl (C=O) groups is 5. The van der Waals surface area contributed by atoms with Crippen LogP contribution in [0.25, 0.3) is 0 Å². The predicted octanol–water partition coefficient (Wildman–Crippen LogP) is 2.82. The number of nitrogens with one attached hydrogen (secondary N) is 4. The largest absolute Gasteiger partial charge is 0.481 e. The first-order valence-electron chi connectivity index (χ1n) is 12.5. The number of urea groups is 1. The maximum Gasteiger partial charge on any atom is 0.326 e. The summed E-state index contributed by atoms with van der Waals surface area (Å²) in [7, 11) is 0. The van der Waals surface area contributed by atoms with Crippen molar-refractivity contribution in [2.75, 3.05) is 17.2 Å². The average Bonchev–Trinajstić information content (AvgIpc) is 2.92. The van der Waals surface area contributed by atoms with Crippen LogP contribution in [0.1, 0.15) is 23.1 Å². The zero-order valence-corrected chi connectivity index (χ0v) is 21.6. The van der Waals surface area contributed by atoms with Crippen LogP contribution in [0.2, 0.25) is 0 Å². The monoisotopic (exact) mass is 546 g/mol. The van der Waals surface area contributed by atoms with Crippen molar-refractivity contribution in [1.82, 2.24) is 10.6 Å². The van der Waals surface area contributed by atoms with E-state index in [4.69, 9.17) is 5.11 Å². The number of hydrogen-bond acceptors (Lipinski definition) is 5. The molecule has 4 amide bonds. The Bertz CT molecular complexity index is 1330. The summed E-state index contributed by atoms with van der Waals surface area (Å²) in [5.41, 5.74) is 3.31. The maximum atomic E-state index is 12.3. The standard InChI is InChI=1S/C29H30N4O7/c34-25(17-21-10-13-23(14-11-21)32-29(40)31-22-4-2-1-3-5-22)30-18-26(35)33-24(28(38)39)16-20-8-6-19(7-9-20)12-15-27(36)37/h1-11,13-14,24H,12,15-18H2,(H,30,34)(H,33,35)(H,36,37)(H,38,39)(H2,31,32,40)/t24-/m0/s1. The fourth-order valence-electron chi connectivity index (χ4n) is 3.72. The van der Waals surface area contributed by atoms with Gasteiger partial charge in [-0.2, -0.15) is 0 Å². The van der Waals surface area contributed by atoms with Crippen molar-refractivity contribution < 1.29 is 34.2 Å². The van der Waals surface area contributed by atoms with Crippen LogP contribution in [0, 0.1) is 0 Å². The Hall–Kier alpha value is -5.19. The van der Waals surface area contributed by atoms with Gasteiger partial charge in [-0.1, -0.05) is 54.6 Å². The molecule has 0 unspecified atom stereocenters. The molecule has 3 rings (SSSR count). The van der Waals surface area contributed by atoms with Crippen molar-refractivity contribution in [3.63, 3.8) is 0 Å². The summed E-state index contributed by atoms with van der Waals surface area (Å²) in [4.78, 5) is 59.0. The number of amides is 4. The van der Waals surface area contributed by atoms with E-state index in [0.717, 1.165) is 5.56 Å². The molecule has 3 aromatic carbocycles. The van der Waals surface area contributed by atoms with Crippen LogP contribution in [-0.2, 0) is 38.4 Å². The number of aliphatic carboxylic acids is 2. The van der Waals surface area contributed by atoms with Gasteiger partial charge in [0.1, 0.15) is 6.04 Å². The Morgan fingerprint density at radius 2 is 1.25 bits per heavy atom. The van der Waals surface area contributed by atoms with E-state index in [2.05, 4.69) is 21.3 Å². The summed E-state index contributed by atoms with van der Waals surface area (Å²) < 4.78 is 0. The topological polar surface area (TPSA) is 174 Å². The van der Waals surface area contributed by atoms with E-state index < -0.39 is 42.4 Å². The van der Waals surface area contributed by atoms with Crippen molar-refractivity contribution in [1.29, 1.82) is 0 Å². The van der Waals surface area contributed by atoms with E-state index in [-0.39, 0.29) is 19.3 Å². The van der Waals surface area contributed by atoms with E-state index in [0.29, 0.717) is 28.9 Å². The molecule has 0 aliphatic rings. The first-order chi connectivity index (χ1) is 19.2. The number of aryl methyl sites for hydroxylation is 1. The van der Waals surface area contributed by atoms with Gasteiger partial charge < -0.3 is 31.5 Å². The fourth-order valence-corrected chi connectivity index (χ4v) is 3.72. The number of carboxylic acid groups (broad SMARTS) is 2. The zero-order chi connectivity index (χ0) is 28.9. The molecule has 0 aliphatic carbocycles. The van der Waals surface area contributed by atoms with Crippen LogP contribution in [0.15, 0.2) is 78.9 Å². The molecule has 6 N–H and O–H groups in total. The normalized spacial score (nSPS) is 11.1. The van der Waals surface area contributed by atoms with Gasteiger partial charge in [0.15, 0.2) is 0 Å².